The van der Waals surface area contributed by atoms with Crippen LogP contribution >= 0.6 is 0 Å². The molecule has 0 aromatic carbocycles. The number of rotatable bonds is 5. The number of hydrogen-bond donors (Lipinski definition) is 1. The Kier molecular flexibility index (Phi) is 3.98. The Balaban J connectivity index is 2.56. The standard InChI is InChI=1S/C8H13N3O2/c1-2-12-7-5-8(11-6-10-7)13-4-3-9/h5-6H,2-4,9H2,1H3. The van der Waals surface area contributed by atoms with E-state index in [9.17, 15) is 0 Å². The Morgan fingerprint density at radius 2 is 2.00 bits per heavy atom. The SMILES string of the molecule is CCOc1cc(OCCN)ncn1. The average molecular weight is 183 g/mol. The third-order valence-electron chi connectivity index (χ3n) is 1.28. The molecular weight excluding hydrogens is 170 g/mol. The molecule has 0 spiro atoms. The quantitative estimate of drug-likeness (QED) is 0.706. The summed E-state index contributed by atoms with van der Waals surface area (Å²) in [5.74, 6) is 1.01. The molecule has 1 aromatic heterocycles. The number of aromatic nitrogens is 2. The minimum Gasteiger partial charge on any atom is -0.478 e. The lowest BCUT2D eigenvalue weighted by molar-refractivity contribution is 0.299. The van der Waals surface area contributed by atoms with Gasteiger partial charge in [-0.2, -0.15) is 0 Å². The van der Waals surface area contributed by atoms with Gasteiger partial charge in [0.2, 0.25) is 11.8 Å². The maximum Gasteiger partial charge on any atom is 0.220 e. The molecule has 13 heavy (non-hydrogen) atoms. The van der Waals surface area contributed by atoms with Crippen molar-refractivity contribution in [1.82, 2.24) is 9.97 Å². The zero-order valence-electron chi connectivity index (χ0n) is 7.56. The maximum absolute atomic E-state index is 5.27. The zero-order chi connectivity index (χ0) is 9.52. The van der Waals surface area contributed by atoms with Crippen molar-refractivity contribution in [3.05, 3.63) is 12.4 Å². The summed E-state index contributed by atoms with van der Waals surface area (Å²) in [4.78, 5) is 7.78. The van der Waals surface area contributed by atoms with E-state index >= 15 is 0 Å². The van der Waals surface area contributed by atoms with Crippen LogP contribution in [0.1, 0.15) is 6.92 Å². The number of nitrogens with zero attached hydrogens (tertiary/aromatic N) is 2. The number of nitrogens with two attached hydrogens (primary N) is 1. The molecule has 0 bridgehead atoms. The van der Waals surface area contributed by atoms with Gasteiger partial charge in [0.05, 0.1) is 12.7 Å². The average Bonchev–Trinajstić information content (AvgIpc) is 2.16. The Bertz CT molecular complexity index is 255. The first-order valence-corrected chi connectivity index (χ1v) is 4.14. The summed E-state index contributed by atoms with van der Waals surface area (Å²) in [5, 5.41) is 0. The van der Waals surface area contributed by atoms with Crippen LogP contribution in [0, 0.1) is 0 Å². The van der Waals surface area contributed by atoms with Crippen LogP contribution < -0.4 is 15.2 Å². The number of ether oxygens (including phenoxy) is 2. The van der Waals surface area contributed by atoms with Crippen LogP contribution in [0.4, 0.5) is 0 Å². The third-order valence-corrected chi connectivity index (χ3v) is 1.28. The largest absolute Gasteiger partial charge is 0.478 e. The van der Waals surface area contributed by atoms with Crippen LogP contribution in [0.25, 0.3) is 0 Å². The summed E-state index contributed by atoms with van der Waals surface area (Å²) in [7, 11) is 0. The van der Waals surface area contributed by atoms with Crippen LogP contribution in [0.5, 0.6) is 11.8 Å². The van der Waals surface area contributed by atoms with E-state index in [2.05, 4.69) is 9.97 Å². The van der Waals surface area contributed by atoms with Gasteiger partial charge in [0, 0.05) is 6.54 Å². The van der Waals surface area contributed by atoms with Gasteiger partial charge in [0.1, 0.15) is 12.9 Å². The molecule has 72 valence electrons. The second-order valence-electron chi connectivity index (χ2n) is 2.26. The molecule has 1 rings (SSSR count). The number of hydrogen-bond acceptors (Lipinski definition) is 5. The van der Waals surface area contributed by atoms with Crippen molar-refractivity contribution in [3.8, 4) is 11.8 Å². The van der Waals surface area contributed by atoms with Crippen LogP contribution in [0.2, 0.25) is 0 Å². The predicted molar refractivity (Wildman–Crippen MR) is 47.8 cm³/mol. The van der Waals surface area contributed by atoms with E-state index in [4.69, 9.17) is 15.2 Å². The monoisotopic (exact) mass is 183 g/mol. The fraction of sp³-hybridized carbons (Fsp3) is 0.500. The van der Waals surface area contributed by atoms with Gasteiger partial charge in [-0.1, -0.05) is 0 Å². The van der Waals surface area contributed by atoms with E-state index in [0.717, 1.165) is 0 Å². The molecule has 5 heteroatoms. The highest BCUT2D eigenvalue weighted by atomic mass is 16.5. The Morgan fingerprint density at radius 1 is 1.31 bits per heavy atom. The molecule has 0 unspecified atom stereocenters. The molecule has 0 radical (unpaired) electrons. The summed E-state index contributed by atoms with van der Waals surface area (Å²) < 4.78 is 10.4. The minimum atomic E-state index is 0.447. The fourth-order valence-corrected chi connectivity index (χ4v) is 0.792. The van der Waals surface area contributed by atoms with Crippen LogP contribution in [-0.4, -0.2) is 29.7 Å². The van der Waals surface area contributed by atoms with Crippen LogP contribution in [0.15, 0.2) is 12.4 Å². The highest BCUT2D eigenvalue weighted by molar-refractivity contribution is 5.17. The second kappa shape index (κ2) is 5.31. The van der Waals surface area contributed by atoms with Crippen molar-refractivity contribution >= 4 is 0 Å². The van der Waals surface area contributed by atoms with E-state index in [1.165, 1.54) is 6.33 Å². The Morgan fingerprint density at radius 3 is 2.62 bits per heavy atom. The first-order valence-electron chi connectivity index (χ1n) is 4.14. The van der Waals surface area contributed by atoms with Crippen molar-refractivity contribution in [3.63, 3.8) is 0 Å². The van der Waals surface area contributed by atoms with Gasteiger partial charge in [0.25, 0.3) is 0 Å². The summed E-state index contributed by atoms with van der Waals surface area (Å²) in [5.41, 5.74) is 5.27. The normalized spacial score (nSPS) is 9.69. The lowest BCUT2D eigenvalue weighted by Crippen LogP contribution is -2.11. The topological polar surface area (TPSA) is 70.3 Å². The lowest BCUT2D eigenvalue weighted by atomic mass is 10.6. The molecule has 0 amide bonds. The van der Waals surface area contributed by atoms with Crippen molar-refractivity contribution in [1.29, 1.82) is 0 Å². The first-order chi connectivity index (χ1) is 6.36. The van der Waals surface area contributed by atoms with Gasteiger partial charge in [-0.05, 0) is 6.92 Å². The molecular formula is C8H13N3O2. The smallest absolute Gasteiger partial charge is 0.220 e. The Hall–Kier alpha value is -1.36. The van der Waals surface area contributed by atoms with Crippen molar-refractivity contribution in [2.75, 3.05) is 19.8 Å². The van der Waals surface area contributed by atoms with E-state index in [1.54, 1.807) is 6.07 Å². The summed E-state index contributed by atoms with van der Waals surface area (Å²) in [6.07, 6.45) is 1.40. The summed E-state index contributed by atoms with van der Waals surface area (Å²) >= 11 is 0. The van der Waals surface area contributed by atoms with Crippen molar-refractivity contribution in [2.24, 2.45) is 5.73 Å². The van der Waals surface area contributed by atoms with Crippen LogP contribution in [-0.2, 0) is 0 Å². The van der Waals surface area contributed by atoms with E-state index in [-0.39, 0.29) is 0 Å². The summed E-state index contributed by atoms with van der Waals surface area (Å²) in [6, 6.07) is 1.64. The molecule has 0 aliphatic heterocycles. The van der Waals surface area contributed by atoms with Gasteiger partial charge in [-0.25, -0.2) is 9.97 Å². The highest BCUT2D eigenvalue weighted by Gasteiger charge is 1.98. The maximum atomic E-state index is 5.27. The lowest BCUT2D eigenvalue weighted by Gasteiger charge is -2.04. The molecule has 0 saturated carbocycles. The molecule has 0 aliphatic rings. The zero-order valence-corrected chi connectivity index (χ0v) is 7.56. The molecule has 5 nitrogen and oxygen atoms in total. The molecule has 0 fully saturated rings. The second-order valence-corrected chi connectivity index (χ2v) is 2.26. The molecule has 0 atom stereocenters. The van der Waals surface area contributed by atoms with Gasteiger partial charge in [0.15, 0.2) is 0 Å². The highest BCUT2D eigenvalue weighted by Crippen LogP contribution is 2.12. The molecule has 1 aromatic rings. The minimum absolute atomic E-state index is 0.447. The molecule has 2 N–H and O–H groups in total. The summed E-state index contributed by atoms with van der Waals surface area (Å²) in [6.45, 7) is 3.38. The van der Waals surface area contributed by atoms with Crippen molar-refractivity contribution in [2.45, 2.75) is 6.92 Å². The van der Waals surface area contributed by atoms with E-state index in [1.807, 2.05) is 6.92 Å². The van der Waals surface area contributed by atoms with Crippen LogP contribution in [0.3, 0.4) is 0 Å². The molecule has 0 aliphatic carbocycles. The van der Waals surface area contributed by atoms with Crippen molar-refractivity contribution < 1.29 is 9.47 Å². The fourth-order valence-electron chi connectivity index (χ4n) is 0.792. The molecule has 0 saturated heterocycles. The van der Waals surface area contributed by atoms with Gasteiger partial charge < -0.3 is 15.2 Å². The third kappa shape index (κ3) is 3.25. The van der Waals surface area contributed by atoms with Gasteiger partial charge in [-0.3, -0.25) is 0 Å². The van der Waals surface area contributed by atoms with E-state index < -0.39 is 0 Å². The van der Waals surface area contributed by atoms with Gasteiger partial charge in [-0.15, -0.1) is 0 Å². The molecule has 1 heterocycles. The predicted octanol–water partition coefficient (Wildman–Crippen LogP) is 0.213. The first kappa shape index (κ1) is 9.73. The Labute approximate surface area is 76.9 Å². The van der Waals surface area contributed by atoms with E-state index in [0.29, 0.717) is 31.5 Å². The van der Waals surface area contributed by atoms with Gasteiger partial charge >= 0.3 is 0 Å².